The molecule has 0 spiro atoms. The second kappa shape index (κ2) is 4.87. The number of carbonyl (C=O) groups excluding carboxylic acids is 1. The number of amides is 1. The van der Waals surface area contributed by atoms with E-state index >= 15 is 0 Å². The van der Waals surface area contributed by atoms with Crippen molar-refractivity contribution in [2.45, 2.75) is 13.0 Å². The summed E-state index contributed by atoms with van der Waals surface area (Å²) in [5, 5.41) is 0. The van der Waals surface area contributed by atoms with Gasteiger partial charge in [0.1, 0.15) is 0 Å². The van der Waals surface area contributed by atoms with Crippen LogP contribution in [0.1, 0.15) is 20.8 Å². The standard InChI is InChI=1S/C14H13ClN2OS/c15-13-5-4-12(19-13)14(18)17-7-6-9-2-1-3-11(16)10(9)8-17/h1-5H,6-8,16H2. The summed E-state index contributed by atoms with van der Waals surface area (Å²) in [6.07, 6.45) is 0.852. The topological polar surface area (TPSA) is 46.3 Å². The quantitative estimate of drug-likeness (QED) is 0.821. The molecule has 1 aliphatic rings. The highest BCUT2D eigenvalue weighted by Crippen LogP contribution is 2.28. The van der Waals surface area contributed by atoms with Crippen LogP contribution < -0.4 is 5.73 Å². The monoisotopic (exact) mass is 292 g/mol. The van der Waals surface area contributed by atoms with E-state index in [2.05, 4.69) is 6.07 Å². The Labute approximate surface area is 120 Å². The minimum absolute atomic E-state index is 0.0332. The molecule has 2 N–H and O–H groups in total. The first-order valence-electron chi connectivity index (χ1n) is 6.06. The van der Waals surface area contributed by atoms with Gasteiger partial charge in [-0.2, -0.15) is 0 Å². The maximum Gasteiger partial charge on any atom is 0.264 e. The number of halogens is 1. The van der Waals surface area contributed by atoms with Crippen LogP contribution in [-0.4, -0.2) is 17.4 Å². The first-order chi connectivity index (χ1) is 9.15. The molecular formula is C14H13ClN2OS. The van der Waals surface area contributed by atoms with Crippen LogP contribution in [0.4, 0.5) is 5.69 Å². The molecule has 0 aliphatic carbocycles. The predicted molar refractivity (Wildman–Crippen MR) is 78.6 cm³/mol. The molecule has 1 aromatic heterocycles. The lowest BCUT2D eigenvalue weighted by Gasteiger charge is -2.29. The number of rotatable bonds is 1. The highest BCUT2D eigenvalue weighted by atomic mass is 35.5. The van der Waals surface area contributed by atoms with Gasteiger partial charge in [0.05, 0.1) is 9.21 Å². The van der Waals surface area contributed by atoms with Gasteiger partial charge in [-0.05, 0) is 35.7 Å². The zero-order chi connectivity index (χ0) is 13.4. The summed E-state index contributed by atoms with van der Waals surface area (Å²) in [6.45, 7) is 1.31. The summed E-state index contributed by atoms with van der Waals surface area (Å²) in [6, 6.07) is 9.46. The molecule has 0 unspecified atom stereocenters. The number of nitrogen functional groups attached to an aromatic ring is 1. The third-order valence-corrected chi connectivity index (χ3v) is 4.60. The van der Waals surface area contributed by atoms with Crippen molar-refractivity contribution in [3.8, 4) is 0 Å². The Hall–Kier alpha value is -1.52. The molecule has 1 amide bonds. The van der Waals surface area contributed by atoms with E-state index in [9.17, 15) is 4.79 Å². The minimum Gasteiger partial charge on any atom is -0.398 e. The van der Waals surface area contributed by atoms with Crippen molar-refractivity contribution < 1.29 is 4.79 Å². The lowest BCUT2D eigenvalue weighted by atomic mass is 9.98. The van der Waals surface area contributed by atoms with Crippen molar-refractivity contribution in [1.29, 1.82) is 0 Å². The molecule has 1 aliphatic heterocycles. The van der Waals surface area contributed by atoms with Crippen LogP contribution in [0, 0.1) is 0 Å². The molecule has 5 heteroatoms. The summed E-state index contributed by atoms with van der Waals surface area (Å²) < 4.78 is 0.639. The Morgan fingerprint density at radius 3 is 2.89 bits per heavy atom. The van der Waals surface area contributed by atoms with Crippen molar-refractivity contribution in [3.05, 3.63) is 50.7 Å². The summed E-state index contributed by atoms with van der Waals surface area (Å²) in [5.74, 6) is 0.0332. The molecule has 98 valence electrons. The molecule has 0 radical (unpaired) electrons. The maximum atomic E-state index is 12.4. The number of nitrogens with zero attached hydrogens (tertiary/aromatic N) is 1. The second-order valence-corrected chi connectivity index (χ2v) is 6.28. The molecular weight excluding hydrogens is 280 g/mol. The Morgan fingerprint density at radius 2 is 2.16 bits per heavy atom. The van der Waals surface area contributed by atoms with Crippen LogP contribution in [0.15, 0.2) is 30.3 Å². The van der Waals surface area contributed by atoms with Gasteiger partial charge in [-0.3, -0.25) is 4.79 Å². The number of anilines is 1. The van der Waals surface area contributed by atoms with Gasteiger partial charge in [-0.25, -0.2) is 0 Å². The smallest absolute Gasteiger partial charge is 0.264 e. The highest BCUT2D eigenvalue weighted by molar-refractivity contribution is 7.17. The Balaban J connectivity index is 1.86. The number of thiophene rings is 1. The average molecular weight is 293 g/mol. The van der Waals surface area contributed by atoms with E-state index < -0.39 is 0 Å². The van der Waals surface area contributed by atoms with Crippen LogP contribution in [0.25, 0.3) is 0 Å². The van der Waals surface area contributed by atoms with E-state index in [0.29, 0.717) is 15.8 Å². The third kappa shape index (κ3) is 2.33. The van der Waals surface area contributed by atoms with Crippen LogP contribution in [0.5, 0.6) is 0 Å². The summed E-state index contributed by atoms with van der Waals surface area (Å²) in [5.41, 5.74) is 9.07. The number of nitrogens with two attached hydrogens (primary N) is 1. The number of carbonyl (C=O) groups is 1. The third-order valence-electron chi connectivity index (χ3n) is 3.38. The lowest BCUT2D eigenvalue weighted by molar-refractivity contribution is 0.0740. The summed E-state index contributed by atoms with van der Waals surface area (Å²) in [7, 11) is 0. The van der Waals surface area contributed by atoms with Gasteiger partial charge in [0.15, 0.2) is 0 Å². The number of fused-ring (bicyclic) bond motifs is 1. The molecule has 3 rings (SSSR count). The van der Waals surface area contributed by atoms with E-state index in [4.69, 9.17) is 17.3 Å². The molecule has 19 heavy (non-hydrogen) atoms. The van der Waals surface area contributed by atoms with Crippen molar-refractivity contribution in [2.24, 2.45) is 0 Å². The van der Waals surface area contributed by atoms with Gasteiger partial charge in [0, 0.05) is 18.8 Å². The molecule has 0 saturated heterocycles. The Morgan fingerprint density at radius 1 is 1.32 bits per heavy atom. The fourth-order valence-electron chi connectivity index (χ4n) is 2.37. The molecule has 0 saturated carbocycles. The van der Waals surface area contributed by atoms with Crippen LogP contribution in [0.2, 0.25) is 4.34 Å². The van der Waals surface area contributed by atoms with Gasteiger partial charge in [-0.1, -0.05) is 23.7 Å². The first-order valence-corrected chi connectivity index (χ1v) is 7.25. The normalized spacial score (nSPS) is 14.3. The SMILES string of the molecule is Nc1cccc2c1CN(C(=O)c1ccc(Cl)s1)CC2. The molecule has 0 bridgehead atoms. The van der Waals surface area contributed by atoms with Gasteiger partial charge in [-0.15, -0.1) is 11.3 Å². The summed E-state index contributed by atoms with van der Waals surface area (Å²) in [4.78, 5) is 14.9. The van der Waals surface area contributed by atoms with Crippen LogP contribution in [-0.2, 0) is 13.0 Å². The van der Waals surface area contributed by atoms with E-state index in [1.54, 1.807) is 12.1 Å². The average Bonchev–Trinajstić information content (AvgIpc) is 2.85. The number of hydrogen-bond acceptors (Lipinski definition) is 3. The molecule has 2 heterocycles. The van der Waals surface area contributed by atoms with Crippen molar-refractivity contribution >= 4 is 34.5 Å². The molecule has 0 fully saturated rings. The first kappa shape index (κ1) is 12.5. The van der Waals surface area contributed by atoms with Gasteiger partial charge >= 0.3 is 0 Å². The van der Waals surface area contributed by atoms with E-state index in [0.717, 1.165) is 24.2 Å². The zero-order valence-corrected chi connectivity index (χ0v) is 11.8. The Bertz CT molecular complexity index is 638. The highest BCUT2D eigenvalue weighted by Gasteiger charge is 2.23. The van der Waals surface area contributed by atoms with E-state index in [-0.39, 0.29) is 5.91 Å². The van der Waals surface area contributed by atoms with Crippen molar-refractivity contribution in [1.82, 2.24) is 4.90 Å². The van der Waals surface area contributed by atoms with E-state index in [1.807, 2.05) is 17.0 Å². The van der Waals surface area contributed by atoms with Crippen molar-refractivity contribution in [2.75, 3.05) is 12.3 Å². The molecule has 3 nitrogen and oxygen atoms in total. The lowest BCUT2D eigenvalue weighted by Crippen LogP contribution is -2.35. The minimum atomic E-state index is 0.0332. The van der Waals surface area contributed by atoms with E-state index in [1.165, 1.54) is 16.9 Å². The fourth-order valence-corrected chi connectivity index (χ4v) is 3.38. The van der Waals surface area contributed by atoms with Gasteiger partial charge in [0.25, 0.3) is 5.91 Å². The maximum absolute atomic E-state index is 12.4. The number of hydrogen-bond donors (Lipinski definition) is 1. The zero-order valence-electron chi connectivity index (χ0n) is 10.2. The Kier molecular flexibility index (Phi) is 3.21. The van der Waals surface area contributed by atoms with Crippen molar-refractivity contribution in [3.63, 3.8) is 0 Å². The second-order valence-electron chi connectivity index (χ2n) is 4.57. The molecule has 2 aromatic rings. The number of benzene rings is 1. The fraction of sp³-hybridized carbons (Fsp3) is 0.214. The summed E-state index contributed by atoms with van der Waals surface area (Å²) >= 11 is 7.20. The molecule has 0 atom stereocenters. The molecule has 1 aromatic carbocycles. The largest absolute Gasteiger partial charge is 0.398 e. The van der Waals surface area contributed by atoms with Crippen LogP contribution in [0.3, 0.4) is 0 Å². The predicted octanol–water partition coefficient (Wildman–Crippen LogP) is 3.18. The van der Waals surface area contributed by atoms with Crippen LogP contribution >= 0.6 is 22.9 Å². The van der Waals surface area contributed by atoms with Gasteiger partial charge in [0.2, 0.25) is 0 Å². The van der Waals surface area contributed by atoms with Gasteiger partial charge < -0.3 is 10.6 Å².